The number of pyridine rings is 1. The second-order valence-electron chi connectivity index (χ2n) is 4.64. The molecule has 3 heterocycles. The molecule has 0 bridgehead atoms. The minimum atomic E-state index is 0.243. The lowest BCUT2D eigenvalue weighted by atomic mass is 10.2. The first-order valence-corrected chi connectivity index (χ1v) is 7.33. The molecule has 0 amide bonds. The van der Waals surface area contributed by atoms with Crippen molar-refractivity contribution in [3.8, 4) is 5.82 Å². The average Bonchev–Trinajstić information content (AvgIpc) is 3.10. The van der Waals surface area contributed by atoms with Gasteiger partial charge in [-0.25, -0.2) is 9.67 Å². The van der Waals surface area contributed by atoms with Gasteiger partial charge in [-0.05, 0) is 44.2 Å². The maximum Gasteiger partial charge on any atom is 0.176 e. The van der Waals surface area contributed by atoms with Crippen LogP contribution in [0.3, 0.4) is 0 Å². The zero-order valence-corrected chi connectivity index (χ0v) is 12.3. The summed E-state index contributed by atoms with van der Waals surface area (Å²) in [4.78, 5) is 7.06. The number of nitrogens with zero attached hydrogens (tertiary/aromatic N) is 3. The molecule has 1 N–H and O–H groups in total. The van der Waals surface area contributed by atoms with Crippen LogP contribution in [0.5, 0.6) is 0 Å². The molecule has 0 aliphatic heterocycles. The predicted octanol–water partition coefficient (Wildman–Crippen LogP) is 3.81. The first-order chi connectivity index (χ1) is 9.74. The molecule has 4 nitrogen and oxygen atoms in total. The van der Waals surface area contributed by atoms with Crippen LogP contribution < -0.4 is 5.32 Å². The van der Waals surface area contributed by atoms with Crippen LogP contribution in [0.1, 0.15) is 22.7 Å². The van der Waals surface area contributed by atoms with Crippen LogP contribution in [0.4, 0.5) is 5.69 Å². The molecule has 0 aliphatic carbocycles. The monoisotopic (exact) mass is 284 g/mol. The minimum absolute atomic E-state index is 0.243. The summed E-state index contributed by atoms with van der Waals surface area (Å²) < 4.78 is 1.77. The first kappa shape index (κ1) is 12.9. The van der Waals surface area contributed by atoms with Crippen molar-refractivity contribution in [3.05, 3.63) is 58.7 Å². The van der Waals surface area contributed by atoms with Gasteiger partial charge in [0.05, 0.1) is 11.7 Å². The van der Waals surface area contributed by atoms with Gasteiger partial charge in [0.15, 0.2) is 5.82 Å². The fourth-order valence-electron chi connectivity index (χ4n) is 2.08. The van der Waals surface area contributed by atoms with E-state index in [2.05, 4.69) is 41.4 Å². The van der Waals surface area contributed by atoms with Gasteiger partial charge in [-0.15, -0.1) is 11.3 Å². The van der Waals surface area contributed by atoms with Gasteiger partial charge < -0.3 is 5.32 Å². The van der Waals surface area contributed by atoms with E-state index in [0.717, 1.165) is 11.5 Å². The summed E-state index contributed by atoms with van der Waals surface area (Å²) >= 11 is 1.81. The van der Waals surface area contributed by atoms with E-state index in [-0.39, 0.29) is 6.04 Å². The Labute approximate surface area is 122 Å². The number of hydrogen-bond acceptors (Lipinski definition) is 4. The quantitative estimate of drug-likeness (QED) is 0.792. The van der Waals surface area contributed by atoms with E-state index in [0.29, 0.717) is 0 Å². The maximum atomic E-state index is 4.41. The molecular formula is C15H16N4S. The molecule has 20 heavy (non-hydrogen) atoms. The smallest absolute Gasteiger partial charge is 0.176 e. The number of aryl methyl sites for hydroxylation is 1. The van der Waals surface area contributed by atoms with Crippen LogP contribution in [0.25, 0.3) is 5.82 Å². The van der Waals surface area contributed by atoms with Gasteiger partial charge in [0.25, 0.3) is 0 Å². The van der Waals surface area contributed by atoms with Gasteiger partial charge >= 0.3 is 0 Å². The van der Waals surface area contributed by atoms with E-state index >= 15 is 0 Å². The lowest BCUT2D eigenvalue weighted by Crippen LogP contribution is -2.09. The van der Waals surface area contributed by atoms with Crippen molar-refractivity contribution >= 4 is 17.0 Å². The van der Waals surface area contributed by atoms with Crippen LogP contribution in [0, 0.1) is 6.92 Å². The Balaban J connectivity index is 1.88. The van der Waals surface area contributed by atoms with Gasteiger partial charge in [0.1, 0.15) is 0 Å². The molecule has 0 aliphatic rings. The summed E-state index contributed by atoms with van der Waals surface area (Å²) in [6.45, 7) is 4.28. The molecule has 0 aromatic carbocycles. The Morgan fingerprint density at radius 3 is 2.80 bits per heavy atom. The molecule has 5 heteroatoms. The molecule has 3 aromatic heterocycles. The Morgan fingerprint density at radius 1 is 1.20 bits per heavy atom. The Morgan fingerprint density at radius 2 is 2.10 bits per heavy atom. The second-order valence-corrected chi connectivity index (χ2v) is 5.96. The van der Waals surface area contributed by atoms with E-state index in [1.807, 2.05) is 35.7 Å². The fourth-order valence-corrected chi connectivity index (χ4v) is 2.96. The molecule has 1 atom stereocenters. The third kappa shape index (κ3) is 2.58. The predicted molar refractivity (Wildman–Crippen MR) is 82.5 cm³/mol. The first-order valence-electron chi connectivity index (χ1n) is 6.52. The van der Waals surface area contributed by atoms with Crippen LogP contribution in [0.15, 0.2) is 48.9 Å². The van der Waals surface area contributed by atoms with Crippen molar-refractivity contribution < 1.29 is 0 Å². The molecule has 0 saturated carbocycles. The number of thiophene rings is 1. The highest BCUT2D eigenvalue weighted by Crippen LogP contribution is 2.27. The summed E-state index contributed by atoms with van der Waals surface area (Å²) in [7, 11) is 0. The third-order valence-electron chi connectivity index (χ3n) is 3.07. The normalized spacial score (nSPS) is 12.3. The Kier molecular flexibility index (Phi) is 3.52. The van der Waals surface area contributed by atoms with Crippen molar-refractivity contribution in [2.75, 3.05) is 5.32 Å². The standard InChI is InChI=1S/C15H16N4S/c1-11-6-7-14(20-11)12(2)18-13-5-3-8-16-15(13)19-10-4-9-17-19/h3-10,12,18H,1-2H3. The van der Waals surface area contributed by atoms with Crippen LogP contribution >= 0.6 is 11.3 Å². The number of nitrogens with one attached hydrogen (secondary N) is 1. The molecule has 102 valence electrons. The Bertz CT molecular complexity index is 687. The summed E-state index contributed by atoms with van der Waals surface area (Å²) in [5.74, 6) is 0.817. The van der Waals surface area contributed by atoms with E-state index in [9.17, 15) is 0 Å². The van der Waals surface area contributed by atoms with Gasteiger partial charge in [0, 0.05) is 28.3 Å². The molecule has 3 aromatic rings. The zero-order chi connectivity index (χ0) is 13.9. The molecule has 0 radical (unpaired) electrons. The second kappa shape index (κ2) is 5.46. The van der Waals surface area contributed by atoms with E-state index in [1.165, 1.54) is 9.75 Å². The Hall–Kier alpha value is -2.14. The molecular weight excluding hydrogens is 268 g/mol. The lowest BCUT2D eigenvalue weighted by Gasteiger charge is -2.16. The number of anilines is 1. The van der Waals surface area contributed by atoms with Gasteiger partial charge in [-0.3, -0.25) is 0 Å². The van der Waals surface area contributed by atoms with Crippen LogP contribution in [-0.2, 0) is 0 Å². The SMILES string of the molecule is Cc1ccc(C(C)Nc2cccnc2-n2cccn2)s1. The van der Waals surface area contributed by atoms with Crippen molar-refractivity contribution in [2.24, 2.45) is 0 Å². The van der Waals surface area contributed by atoms with Crippen LogP contribution in [-0.4, -0.2) is 14.8 Å². The fraction of sp³-hybridized carbons (Fsp3) is 0.200. The largest absolute Gasteiger partial charge is 0.375 e. The zero-order valence-electron chi connectivity index (χ0n) is 11.4. The molecule has 3 rings (SSSR count). The third-order valence-corrected chi connectivity index (χ3v) is 4.25. The van der Waals surface area contributed by atoms with Gasteiger partial charge in [-0.1, -0.05) is 0 Å². The van der Waals surface area contributed by atoms with E-state index in [4.69, 9.17) is 0 Å². The number of hydrogen-bond donors (Lipinski definition) is 1. The molecule has 1 unspecified atom stereocenters. The van der Waals surface area contributed by atoms with Crippen LogP contribution in [0.2, 0.25) is 0 Å². The highest BCUT2D eigenvalue weighted by Gasteiger charge is 2.11. The highest BCUT2D eigenvalue weighted by atomic mass is 32.1. The lowest BCUT2D eigenvalue weighted by molar-refractivity contribution is 0.834. The van der Waals surface area contributed by atoms with Crippen molar-refractivity contribution in [3.63, 3.8) is 0 Å². The summed E-state index contributed by atoms with van der Waals surface area (Å²) in [6.07, 6.45) is 5.43. The van der Waals surface area contributed by atoms with Crippen molar-refractivity contribution in [1.29, 1.82) is 0 Å². The number of rotatable bonds is 4. The topological polar surface area (TPSA) is 42.7 Å². The van der Waals surface area contributed by atoms with Crippen molar-refractivity contribution in [2.45, 2.75) is 19.9 Å². The molecule has 0 saturated heterocycles. The average molecular weight is 284 g/mol. The summed E-state index contributed by atoms with van der Waals surface area (Å²) in [5.41, 5.74) is 0.981. The van der Waals surface area contributed by atoms with E-state index < -0.39 is 0 Å². The molecule has 0 fully saturated rings. The number of aromatic nitrogens is 3. The highest BCUT2D eigenvalue weighted by molar-refractivity contribution is 7.12. The van der Waals surface area contributed by atoms with Gasteiger partial charge in [0.2, 0.25) is 0 Å². The molecule has 0 spiro atoms. The van der Waals surface area contributed by atoms with Crippen molar-refractivity contribution in [1.82, 2.24) is 14.8 Å². The summed E-state index contributed by atoms with van der Waals surface area (Å²) in [6, 6.07) is 10.4. The maximum absolute atomic E-state index is 4.41. The van der Waals surface area contributed by atoms with E-state index in [1.54, 1.807) is 17.1 Å². The summed E-state index contributed by atoms with van der Waals surface area (Å²) in [5, 5.41) is 7.76. The minimum Gasteiger partial charge on any atom is -0.375 e. The van der Waals surface area contributed by atoms with Gasteiger partial charge in [-0.2, -0.15) is 5.10 Å².